The van der Waals surface area contributed by atoms with Gasteiger partial charge in [0.15, 0.2) is 11.0 Å². The zero-order chi connectivity index (χ0) is 25.5. The van der Waals surface area contributed by atoms with Crippen LogP contribution in [0.4, 0.5) is 10.5 Å². The second kappa shape index (κ2) is 12.2. The fourth-order valence-corrected chi connectivity index (χ4v) is 4.77. The van der Waals surface area contributed by atoms with Gasteiger partial charge in [0, 0.05) is 16.5 Å². The molecule has 0 spiro atoms. The molecule has 0 atom stereocenters. The zero-order valence-electron chi connectivity index (χ0n) is 19.8. The zero-order valence-corrected chi connectivity index (χ0v) is 22.1. The van der Waals surface area contributed by atoms with Gasteiger partial charge in [-0.1, -0.05) is 64.8 Å². The molecule has 10 heteroatoms. The van der Waals surface area contributed by atoms with Crippen LogP contribution in [0.25, 0.3) is 5.69 Å². The van der Waals surface area contributed by atoms with Crippen LogP contribution in [-0.4, -0.2) is 27.4 Å². The number of nitrogens with one attached hydrogen (secondary N) is 2. The van der Waals surface area contributed by atoms with E-state index < -0.39 is 0 Å². The van der Waals surface area contributed by atoms with Gasteiger partial charge in [-0.15, -0.1) is 10.2 Å². The Balaban J connectivity index is 1.51. The van der Waals surface area contributed by atoms with Crippen molar-refractivity contribution in [1.82, 2.24) is 20.1 Å². The largest absolute Gasteiger partial charge is 0.494 e. The molecule has 0 aliphatic rings. The number of anilines is 1. The SMILES string of the molecule is CCOc1ccc(NC(=O)NCc2nnc(SCc3cccc(C)c3)n2-c2cc(Cl)ccc2Cl)cc1. The molecule has 36 heavy (non-hydrogen) atoms. The van der Waals surface area contributed by atoms with E-state index in [0.29, 0.717) is 44.8 Å². The van der Waals surface area contributed by atoms with Crippen LogP contribution in [0.15, 0.2) is 71.9 Å². The highest BCUT2D eigenvalue weighted by Crippen LogP contribution is 2.31. The molecule has 7 nitrogen and oxygen atoms in total. The number of nitrogens with zero attached hydrogens (tertiary/aromatic N) is 3. The molecular weight excluding hydrogens is 517 g/mol. The van der Waals surface area contributed by atoms with Crippen LogP contribution in [-0.2, 0) is 12.3 Å². The minimum absolute atomic E-state index is 0.129. The number of rotatable bonds is 9. The molecule has 0 bridgehead atoms. The van der Waals surface area contributed by atoms with Crippen molar-refractivity contribution in [3.05, 3.63) is 93.7 Å². The standard InChI is InChI=1S/C26H25Cl2N5O2S/c1-3-35-21-10-8-20(9-11-21)30-25(34)29-15-24-31-32-26(36-16-18-6-4-5-17(2)13-18)33(24)23-14-19(27)7-12-22(23)28/h4-14H,3,15-16H2,1-2H3,(H2,29,30,34). The van der Waals surface area contributed by atoms with E-state index in [0.717, 1.165) is 5.75 Å². The maximum Gasteiger partial charge on any atom is 0.319 e. The highest BCUT2D eigenvalue weighted by Gasteiger charge is 2.18. The number of halogens is 2. The maximum atomic E-state index is 12.6. The first-order valence-electron chi connectivity index (χ1n) is 11.3. The summed E-state index contributed by atoms with van der Waals surface area (Å²) in [7, 11) is 0. The number of hydrogen-bond donors (Lipinski definition) is 2. The summed E-state index contributed by atoms with van der Waals surface area (Å²) in [6, 6.07) is 20.3. The second-order valence-electron chi connectivity index (χ2n) is 7.87. The van der Waals surface area contributed by atoms with Crippen molar-refractivity contribution in [2.75, 3.05) is 11.9 Å². The number of carbonyl (C=O) groups excluding carboxylic acids is 1. The number of ether oxygens (including phenoxy) is 1. The van der Waals surface area contributed by atoms with E-state index in [4.69, 9.17) is 27.9 Å². The molecule has 2 N–H and O–H groups in total. The van der Waals surface area contributed by atoms with E-state index in [1.807, 2.05) is 17.6 Å². The van der Waals surface area contributed by atoms with E-state index in [1.54, 1.807) is 42.5 Å². The summed E-state index contributed by atoms with van der Waals surface area (Å²) < 4.78 is 7.26. The van der Waals surface area contributed by atoms with Crippen LogP contribution < -0.4 is 15.4 Å². The van der Waals surface area contributed by atoms with Gasteiger partial charge in [-0.3, -0.25) is 4.57 Å². The quantitative estimate of drug-likeness (QED) is 0.225. The van der Waals surface area contributed by atoms with Crippen LogP contribution in [0.1, 0.15) is 23.9 Å². The van der Waals surface area contributed by atoms with E-state index in [1.165, 1.54) is 22.9 Å². The Morgan fingerprint density at radius 2 is 1.86 bits per heavy atom. The molecule has 0 unspecified atom stereocenters. The number of hydrogen-bond acceptors (Lipinski definition) is 5. The third-order valence-electron chi connectivity index (χ3n) is 5.13. The molecule has 0 saturated heterocycles. The Morgan fingerprint density at radius 3 is 2.61 bits per heavy atom. The van der Waals surface area contributed by atoms with Gasteiger partial charge < -0.3 is 15.4 Å². The highest BCUT2D eigenvalue weighted by molar-refractivity contribution is 7.98. The van der Waals surface area contributed by atoms with E-state index in [9.17, 15) is 4.79 Å². The Morgan fingerprint density at radius 1 is 1.06 bits per heavy atom. The summed E-state index contributed by atoms with van der Waals surface area (Å²) in [5, 5.41) is 16.0. The van der Waals surface area contributed by atoms with Gasteiger partial charge in [0.1, 0.15) is 5.75 Å². The molecule has 4 aromatic rings. The normalized spacial score (nSPS) is 10.8. The van der Waals surface area contributed by atoms with E-state index in [2.05, 4.69) is 46.0 Å². The fourth-order valence-electron chi connectivity index (χ4n) is 3.49. The minimum atomic E-state index is -0.375. The number of aryl methyl sites for hydroxylation is 1. The van der Waals surface area contributed by atoms with Crippen molar-refractivity contribution < 1.29 is 9.53 Å². The van der Waals surface area contributed by atoms with Gasteiger partial charge in [-0.25, -0.2) is 4.79 Å². The van der Waals surface area contributed by atoms with Crippen molar-refractivity contribution in [3.63, 3.8) is 0 Å². The van der Waals surface area contributed by atoms with Gasteiger partial charge in [0.25, 0.3) is 0 Å². The lowest BCUT2D eigenvalue weighted by Crippen LogP contribution is -2.29. The van der Waals surface area contributed by atoms with Gasteiger partial charge in [-0.05, 0) is 61.9 Å². The van der Waals surface area contributed by atoms with Crippen molar-refractivity contribution in [1.29, 1.82) is 0 Å². The second-order valence-corrected chi connectivity index (χ2v) is 9.66. The highest BCUT2D eigenvalue weighted by atomic mass is 35.5. The third-order valence-corrected chi connectivity index (χ3v) is 6.68. The molecular formula is C26H25Cl2N5O2S. The Kier molecular flexibility index (Phi) is 8.74. The summed E-state index contributed by atoms with van der Waals surface area (Å²) in [5.41, 5.74) is 3.64. The molecule has 0 aliphatic carbocycles. The summed E-state index contributed by atoms with van der Waals surface area (Å²) in [6.07, 6.45) is 0. The van der Waals surface area contributed by atoms with Crippen LogP contribution in [0.3, 0.4) is 0 Å². The van der Waals surface area contributed by atoms with Crippen molar-refractivity contribution in [2.45, 2.75) is 31.3 Å². The predicted octanol–water partition coefficient (Wildman–Crippen LogP) is 6.90. The lowest BCUT2D eigenvalue weighted by molar-refractivity contribution is 0.251. The average molecular weight is 542 g/mol. The Bertz CT molecular complexity index is 1340. The lowest BCUT2D eigenvalue weighted by atomic mass is 10.2. The van der Waals surface area contributed by atoms with Crippen LogP contribution in [0, 0.1) is 6.92 Å². The smallest absolute Gasteiger partial charge is 0.319 e. The van der Waals surface area contributed by atoms with Crippen LogP contribution in [0.2, 0.25) is 10.0 Å². The molecule has 0 aliphatic heterocycles. The fraction of sp³-hybridized carbons (Fsp3) is 0.192. The number of amides is 2. The van der Waals surface area contributed by atoms with E-state index in [-0.39, 0.29) is 12.6 Å². The molecule has 0 saturated carbocycles. The summed E-state index contributed by atoms with van der Waals surface area (Å²) in [4.78, 5) is 12.6. The topological polar surface area (TPSA) is 81.1 Å². The summed E-state index contributed by atoms with van der Waals surface area (Å²) >= 11 is 14.3. The lowest BCUT2D eigenvalue weighted by Gasteiger charge is -2.13. The molecule has 3 aromatic carbocycles. The number of benzene rings is 3. The van der Waals surface area contributed by atoms with Crippen molar-refractivity contribution in [3.8, 4) is 11.4 Å². The van der Waals surface area contributed by atoms with Crippen molar-refractivity contribution >= 4 is 46.7 Å². The monoisotopic (exact) mass is 541 g/mol. The number of urea groups is 1. The summed E-state index contributed by atoms with van der Waals surface area (Å²) in [6.45, 7) is 4.69. The van der Waals surface area contributed by atoms with Gasteiger partial charge in [0.2, 0.25) is 0 Å². The first kappa shape index (κ1) is 25.9. The third kappa shape index (κ3) is 6.72. The average Bonchev–Trinajstić information content (AvgIpc) is 3.27. The van der Waals surface area contributed by atoms with Gasteiger partial charge in [-0.2, -0.15) is 0 Å². The molecule has 0 fully saturated rings. The molecule has 2 amide bonds. The first-order valence-corrected chi connectivity index (χ1v) is 13.0. The van der Waals surface area contributed by atoms with Crippen LogP contribution >= 0.6 is 35.0 Å². The molecule has 1 aromatic heterocycles. The Hall–Kier alpha value is -3.20. The first-order chi connectivity index (χ1) is 17.4. The van der Waals surface area contributed by atoms with Gasteiger partial charge >= 0.3 is 6.03 Å². The molecule has 0 radical (unpaired) electrons. The maximum absolute atomic E-state index is 12.6. The molecule has 4 rings (SSSR count). The summed E-state index contributed by atoms with van der Waals surface area (Å²) in [5.74, 6) is 1.96. The van der Waals surface area contributed by atoms with Crippen molar-refractivity contribution in [2.24, 2.45) is 0 Å². The minimum Gasteiger partial charge on any atom is -0.494 e. The number of thioether (sulfide) groups is 1. The number of carbonyl (C=O) groups is 1. The molecule has 186 valence electrons. The van der Waals surface area contributed by atoms with Crippen LogP contribution in [0.5, 0.6) is 5.75 Å². The van der Waals surface area contributed by atoms with E-state index >= 15 is 0 Å². The Labute approximate surface area is 224 Å². The predicted molar refractivity (Wildman–Crippen MR) is 146 cm³/mol. The number of aromatic nitrogens is 3. The molecule has 1 heterocycles. The van der Waals surface area contributed by atoms with Gasteiger partial charge in [0.05, 0.1) is 23.9 Å².